The minimum atomic E-state index is -1.30. The summed E-state index contributed by atoms with van der Waals surface area (Å²) in [6.07, 6.45) is 2.21. The normalized spacial score (nSPS) is 17.2. The highest BCUT2D eigenvalue weighted by Crippen LogP contribution is 2.42. The third kappa shape index (κ3) is 3.62. The van der Waals surface area contributed by atoms with Crippen LogP contribution in [0.4, 0.5) is 0 Å². The van der Waals surface area contributed by atoms with Gasteiger partial charge in [-0.15, -0.1) is 0 Å². The number of ether oxygens (including phenoxy) is 1. The summed E-state index contributed by atoms with van der Waals surface area (Å²) in [5.41, 5.74) is -2.22. The fourth-order valence-electron chi connectivity index (χ4n) is 1.55. The van der Waals surface area contributed by atoms with E-state index in [9.17, 15) is 9.59 Å². The zero-order valence-electron chi connectivity index (χ0n) is 12.1. The zero-order chi connectivity index (χ0) is 15.7. The average Bonchev–Trinajstić information content (AvgIpc) is 2.94. The van der Waals surface area contributed by atoms with Crippen LogP contribution in [0.2, 0.25) is 0 Å². The van der Waals surface area contributed by atoms with Crippen molar-refractivity contribution in [1.82, 2.24) is 0 Å². The Morgan fingerprint density at radius 1 is 1.38 bits per heavy atom. The highest BCUT2D eigenvalue weighted by molar-refractivity contribution is 6.41. The predicted octanol–water partition coefficient (Wildman–Crippen LogP) is 1.96. The number of carboxylic acid groups (broad SMARTS) is 1. The fourth-order valence-corrected chi connectivity index (χ4v) is 1.55. The van der Waals surface area contributed by atoms with Gasteiger partial charge in [-0.25, -0.2) is 9.59 Å². The van der Waals surface area contributed by atoms with Gasteiger partial charge in [0, 0.05) is 12.8 Å². The molecule has 1 aromatic heterocycles. The van der Waals surface area contributed by atoms with Gasteiger partial charge in [0.2, 0.25) is 11.3 Å². The molecule has 114 valence electrons. The molecule has 1 aliphatic rings. The molecule has 1 saturated carbocycles. The average molecular weight is 295 g/mol. The second kappa shape index (κ2) is 5.23. The van der Waals surface area contributed by atoms with Crippen LogP contribution in [0.5, 0.6) is 0 Å². The van der Waals surface area contributed by atoms with Crippen molar-refractivity contribution in [3.8, 4) is 0 Å². The summed E-state index contributed by atoms with van der Waals surface area (Å²) in [4.78, 5) is 28.3. The molecule has 0 saturated heterocycles. The number of carbonyl (C=O) groups is 2. The minimum absolute atomic E-state index is 0.0579. The van der Waals surface area contributed by atoms with Crippen LogP contribution in [0.3, 0.4) is 0 Å². The molecule has 0 aromatic carbocycles. The number of esters is 1. The molecule has 0 bridgehead atoms. The minimum Gasteiger partial charge on any atom is -0.476 e. The number of carbonyl (C=O) groups excluding carboxylic acids is 1. The number of hydrogen-bond acceptors (Lipinski definition) is 6. The summed E-state index contributed by atoms with van der Waals surface area (Å²) in [5, 5.41) is 12.7. The first-order valence-electron chi connectivity index (χ1n) is 6.50. The third-order valence-electron chi connectivity index (χ3n) is 2.74. The first-order valence-corrected chi connectivity index (χ1v) is 6.50. The van der Waals surface area contributed by atoms with Crippen LogP contribution in [0.25, 0.3) is 0 Å². The Labute approximate surface area is 121 Å². The second-order valence-electron chi connectivity index (χ2n) is 5.81. The molecule has 0 atom stereocenters. The summed E-state index contributed by atoms with van der Waals surface area (Å²) >= 11 is 0. The molecule has 1 fully saturated rings. The molecule has 1 heterocycles. The van der Waals surface area contributed by atoms with Crippen molar-refractivity contribution in [3.05, 3.63) is 24.2 Å². The molecular formula is C14H17NO6. The van der Waals surface area contributed by atoms with Gasteiger partial charge in [-0.1, -0.05) is 5.16 Å². The topological polar surface area (TPSA) is 98.3 Å². The number of hydrogen-bond donors (Lipinski definition) is 1. The maximum Gasteiger partial charge on any atom is 0.361 e. The van der Waals surface area contributed by atoms with Crippen molar-refractivity contribution in [1.29, 1.82) is 0 Å². The molecule has 0 radical (unpaired) electrons. The lowest BCUT2D eigenvalue weighted by molar-refractivity contribution is -0.172. The monoisotopic (exact) mass is 295 g/mol. The molecule has 0 unspecified atom stereocenters. The van der Waals surface area contributed by atoms with E-state index < -0.39 is 28.9 Å². The van der Waals surface area contributed by atoms with Crippen molar-refractivity contribution < 1.29 is 28.7 Å². The molecule has 0 aliphatic heterocycles. The molecule has 2 rings (SSSR count). The van der Waals surface area contributed by atoms with E-state index in [1.54, 1.807) is 20.8 Å². The van der Waals surface area contributed by atoms with E-state index in [0.29, 0.717) is 12.8 Å². The summed E-state index contributed by atoms with van der Waals surface area (Å²) < 4.78 is 10.2. The predicted molar refractivity (Wildman–Crippen MR) is 71.8 cm³/mol. The lowest BCUT2D eigenvalue weighted by Crippen LogP contribution is -2.34. The number of carboxylic acids is 1. The van der Waals surface area contributed by atoms with Crippen molar-refractivity contribution >= 4 is 17.7 Å². The Kier molecular flexibility index (Phi) is 3.76. The van der Waals surface area contributed by atoms with E-state index in [1.165, 1.54) is 18.4 Å². The Morgan fingerprint density at radius 2 is 2.05 bits per heavy atom. The fraction of sp³-hybridized carbons (Fsp3) is 0.500. The Hall–Kier alpha value is -2.31. The maximum atomic E-state index is 12.0. The molecule has 7 heteroatoms. The number of aliphatic carboxylic acids is 1. The molecule has 7 nitrogen and oxygen atoms in total. The first kappa shape index (κ1) is 15.1. The Morgan fingerprint density at radius 3 is 2.48 bits per heavy atom. The summed E-state index contributed by atoms with van der Waals surface area (Å²) in [6.45, 7) is 5.24. The smallest absolute Gasteiger partial charge is 0.361 e. The SMILES string of the molecule is CC(C)(C)OC(=O)C1(ON=C(C(=O)O)c2ccco2)CC1. The molecule has 1 aromatic rings. The van der Waals surface area contributed by atoms with Gasteiger partial charge in [-0.05, 0) is 32.9 Å². The van der Waals surface area contributed by atoms with Gasteiger partial charge < -0.3 is 19.1 Å². The lowest BCUT2D eigenvalue weighted by Gasteiger charge is -2.22. The van der Waals surface area contributed by atoms with Crippen molar-refractivity contribution in [3.63, 3.8) is 0 Å². The van der Waals surface area contributed by atoms with E-state index in [0.717, 1.165) is 0 Å². The summed E-state index contributed by atoms with van der Waals surface area (Å²) in [7, 11) is 0. The third-order valence-corrected chi connectivity index (χ3v) is 2.74. The molecule has 0 amide bonds. The highest BCUT2D eigenvalue weighted by Gasteiger charge is 2.56. The van der Waals surface area contributed by atoms with Gasteiger partial charge >= 0.3 is 11.9 Å². The van der Waals surface area contributed by atoms with Crippen LogP contribution < -0.4 is 0 Å². The van der Waals surface area contributed by atoms with Gasteiger partial charge in [0.05, 0.1) is 6.26 Å². The van der Waals surface area contributed by atoms with Gasteiger partial charge in [0.15, 0.2) is 5.76 Å². The number of furan rings is 1. The van der Waals surface area contributed by atoms with Gasteiger partial charge in [0.1, 0.15) is 5.60 Å². The Balaban J connectivity index is 2.11. The van der Waals surface area contributed by atoms with Crippen molar-refractivity contribution in [2.45, 2.75) is 44.8 Å². The molecule has 1 N–H and O–H groups in total. The zero-order valence-corrected chi connectivity index (χ0v) is 12.1. The van der Waals surface area contributed by atoms with Gasteiger partial charge in [-0.3, -0.25) is 0 Å². The first-order chi connectivity index (χ1) is 9.73. The van der Waals surface area contributed by atoms with Crippen LogP contribution >= 0.6 is 0 Å². The Bertz CT molecular complexity index is 563. The standard InChI is InChI=1S/C14H17NO6/c1-13(2,3)20-12(18)14(6-7-14)21-15-10(11(16)17)9-5-4-8-19-9/h4-5,8H,6-7H2,1-3H3,(H,16,17). The maximum absolute atomic E-state index is 12.0. The van der Waals surface area contributed by atoms with Crippen LogP contribution in [0, 0.1) is 0 Å². The number of rotatable bonds is 5. The highest BCUT2D eigenvalue weighted by atomic mass is 16.7. The van der Waals surface area contributed by atoms with E-state index in [-0.39, 0.29) is 5.76 Å². The van der Waals surface area contributed by atoms with Crippen LogP contribution in [0.1, 0.15) is 39.4 Å². The molecule has 21 heavy (non-hydrogen) atoms. The number of oxime groups is 1. The van der Waals surface area contributed by atoms with E-state index >= 15 is 0 Å². The van der Waals surface area contributed by atoms with Gasteiger partial charge in [0.25, 0.3) is 0 Å². The van der Waals surface area contributed by atoms with Crippen molar-refractivity contribution in [2.75, 3.05) is 0 Å². The van der Waals surface area contributed by atoms with Gasteiger partial charge in [-0.2, -0.15) is 0 Å². The summed E-state index contributed by atoms with van der Waals surface area (Å²) in [6, 6.07) is 2.98. The quantitative estimate of drug-likeness (QED) is 0.506. The summed E-state index contributed by atoms with van der Waals surface area (Å²) in [5.74, 6) is -1.78. The van der Waals surface area contributed by atoms with E-state index in [2.05, 4.69) is 5.16 Å². The number of nitrogens with zero attached hydrogens (tertiary/aromatic N) is 1. The van der Waals surface area contributed by atoms with Crippen LogP contribution in [0.15, 0.2) is 28.0 Å². The van der Waals surface area contributed by atoms with E-state index in [1.807, 2.05) is 0 Å². The molecule has 0 spiro atoms. The largest absolute Gasteiger partial charge is 0.476 e. The van der Waals surface area contributed by atoms with Crippen LogP contribution in [-0.4, -0.2) is 34.0 Å². The molecular weight excluding hydrogens is 278 g/mol. The van der Waals surface area contributed by atoms with Crippen molar-refractivity contribution in [2.24, 2.45) is 5.16 Å². The second-order valence-corrected chi connectivity index (χ2v) is 5.81. The van der Waals surface area contributed by atoms with E-state index in [4.69, 9.17) is 19.1 Å². The molecule has 1 aliphatic carbocycles. The lowest BCUT2D eigenvalue weighted by atomic mass is 10.2. The van der Waals surface area contributed by atoms with Crippen LogP contribution in [-0.2, 0) is 19.2 Å².